The molecule has 6 heteroatoms. The Balaban J connectivity index is 0.000000660. The first kappa shape index (κ1) is 21.7. The fourth-order valence-corrected chi connectivity index (χ4v) is 3.38. The number of benzene rings is 1. The minimum atomic E-state index is 0.489. The number of aliphatic hydroxyl groups excluding tert-OH is 1. The van der Waals surface area contributed by atoms with Crippen LogP contribution in [-0.4, -0.2) is 45.5 Å². The predicted octanol–water partition coefficient (Wildman–Crippen LogP) is 3.94. The summed E-state index contributed by atoms with van der Waals surface area (Å²) in [5.41, 5.74) is 6.59. The number of aromatic amines is 1. The monoisotopic (exact) mass is 381 g/mol. The summed E-state index contributed by atoms with van der Waals surface area (Å²) >= 11 is 0. The fraction of sp³-hybridized carbons (Fsp3) is 0.409. The maximum absolute atomic E-state index is 7.00. The number of nitrogens with one attached hydrogen (secondary N) is 2. The molecular weight excluding hydrogens is 350 g/mol. The van der Waals surface area contributed by atoms with Gasteiger partial charge in [-0.1, -0.05) is 43.7 Å². The number of hydrogen-bond acceptors (Lipinski definition) is 5. The van der Waals surface area contributed by atoms with Crippen LogP contribution in [0.1, 0.15) is 43.9 Å². The van der Waals surface area contributed by atoms with E-state index >= 15 is 0 Å². The maximum Gasteiger partial charge on any atom is 0.116 e. The molecule has 1 aliphatic rings. The molecule has 0 unspecified atom stereocenters. The molecule has 0 aliphatic carbocycles. The van der Waals surface area contributed by atoms with Gasteiger partial charge in [-0.15, -0.1) is 0 Å². The van der Waals surface area contributed by atoms with E-state index in [9.17, 15) is 0 Å². The molecule has 150 valence electrons. The van der Waals surface area contributed by atoms with Gasteiger partial charge in [-0.25, -0.2) is 9.97 Å². The van der Waals surface area contributed by atoms with Crippen LogP contribution in [0.25, 0.3) is 22.5 Å². The Morgan fingerprint density at radius 3 is 2.29 bits per heavy atom. The summed E-state index contributed by atoms with van der Waals surface area (Å²) in [6.07, 6.45) is 5.63. The number of aryl methyl sites for hydroxylation is 1. The van der Waals surface area contributed by atoms with Gasteiger partial charge in [0.15, 0.2) is 0 Å². The number of rotatable bonds is 3. The van der Waals surface area contributed by atoms with Gasteiger partial charge in [-0.05, 0) is 38.9 Å². The molecule has 0 radical (unpaired) electrons. The molecule has 0 amide bonds. The van der Waals surface area contributed by atoms with Crippen molar-refractivity contribution in [3.05, 3.63) is 54.1 Å². The fourth-order valence-electron chi connectivity index (χ4n) is 3.38. The molecule has 28 heavy (non-hydrogen) atoms. The lowest BCUT2D eigenvalue weighted by atomic mass is 9.89. The van der Waals surface area contributed by atoms with Gasteiger partial charge in [0.25, 0.3) is 0 Å². The normalized spacial score (nSPS) is 13.8. The van der Waals surface area contributed by atoms with Crippen LogP contribution in [-0.2, 0) is 0 Å². The summed E-state index contributed by atoms with van der Waals surface area (Å²) < 4.78 is 0. The molecule has 4 rings (SSSR count). The van der Waals surface area contributed by atoms with Crippen LogP contribution in [0.2, 0.25) is 0 Å². The van der Waals surface area contributed by atoms with Gasteiger partial charge in [0.1, 0.15) is 12.0 Å². The molecule has 0 saturated carbocycles. The third kappa shape index (κ3) is 5.03. The van der Waals surface area contributed by atoms with Gasteiger partial charge in [-0.3, -0.25) is 5.10 Å². The Hall–Kier alpha value is -2.57. The number of piperidine rings is 1. The van der Waals surface area contributed by atoms with Gasteiger partial charge < -0.3 is 10.4 Å². The number of hydrogen-bond donors (Lipinski definition) is 3. The Labute approximate surface area is 167 Å². The van der Waals surface area contributed by atoms with Crippen molar-refractivity contribution in [3.63, 3.8) is 0 Å². The number of aromatic nitrogens is 4. The highest BCUT2D eigenvalue weighted by molar-refractivity contribution is 5.81. The predicted molar refractivity (Wildman–Crippen MR) is 114 cm³/mol. The molecule has 0 atom stereocenters. The van der Waals surface area contributed by atoms with Crippen LogP contribution >= 0.6 is 0 Å². The summed E-state index contributed by atoms with van der Waals surface area (Å²) in [5, 5.41) is 18.4. The number of nitrogens with zero attached hydrogens (tertiary/aromatic N) is 3. The molecule has 3 aromatic rings. The second-order valence-electron chi connectivity index (χ2n) is 6.35. The van der Waals surface area contributed by atoms with E-state index in [1.807, 2.05) is 19.9 Å². The molecule has 0 bridgehead atoms. The summed E-state index contributed by atoms with van der Waals surface area (Å²) in [5.74, 6) is 0.489. The molecule has 2 aromatic heterocycles. The Bertz CT molecular complexity index is 809. The van der Waals surface area contributed by atoms with E-state index < -0.39 is 0 Å². The van der Waals surface area contributed by atoms with E-state index in [-0.39, 0.29) is 0 Å². The smallest absolute Gasteiger partial charge is 0.116 e. The van der Waals surface area contributed by atoms with Crippen molar-refractivity contribution in [3.8, 4) is 22.5 Å². The summed E-state index contributed by atoms with van der Waals surface area (Å²) in [7, 11) is 1.00. The van der Waals surface area contributed by atoms with Crippen molar-refractivity contribution in [2.24, 2.45) is 0 Å². The molecule has 1 aliphatic heterocycles. The van der Waals surface area contributed by atoms with Gasteiger partial charge in [0.2, 0.25) is 0 Å². The van der Waals surface area contributed by atoms with Crippen LogP contribution in [0, 0.1) is 6.92 Å². The first-order chi connectivity index (χ1) is 13.8. The van der Waals surface area contributed by atoms with Crippen molar-refractivity contribution in [2.75, 3.05) is 20.2 Å². The largest absolute Gasteiger partial charge is 0.400 e. The van der Waals surface area contributed by atoms with Crippen molar-refractivity contribution in [1.29, 1.82) is 0 Å². The van der Waals surface area contributed by atoms with Crippen LogP contribution < -0.4 is 5.32 Å². The quantitative estimate of drug-likeness (QED) is 0.640. The second kappa shape index (κ2) is 11.3. The first-order valence-electron chi connectivity index (χ1n) is 9.90. The second-order valence-corrected chi connectivity index (χ2v) is 6.35. The van der Waals surface area contributed by atoms with Gasteiger partial charge in [0.05, 0.1) is 5.69 Å². The highest BCUT2D eigenvalue weighted by Gasteiger charge is 2.25. The van der Waals surface area contributed by atoms with Crippen molar-refractivity contribution in [2.45, 2.75) is 39.5 Å². The minimum absolute atomic E-state index is 0.489. The van der Waals surface area contributed by atoms with Gasteiger partial charge >= 0.3 is 0 Å². The molecule has 1 aromatic carbocycles. The van der Waals surface area contributed by atoms with Crippen LogP contribution in [0.4, 0.5) is 0 Å². The summed E-state index contributed by atoms with van der Waals surface area (Å²) in [4.78, 5) is 8.55. The standard InChI is InChI=1S/C19H21N5.C2H6.CH4O/c1-13-2-4-14(5-3-13)18-17(16-8-11-21-12-22-16)19(24-23-18)15-6-9-20-10-7-15;2*1-2/h2-5,8,11-12,15,20H,6-7,9-10H2,1H3,(H,23,24);1-2H3;2H,1H3. The van der Waals surface area contributed by atoms with Crippen LogP contribution in [0.15, 0.2) is 42.9 Å². The number of aliphatic hydroxyl groups is 1. The number of H-pyrrole nitrogens is 1. The van der Waals surface area contributed by atoms with Crippen molar-refractivity contribution >= 4 is 0 Å². The maximum atomic E-state index is 7.00. The van der Waals surface area contributed by atoms with E-state index in [0.717, 1.165) is 55.6 Å². The zero-order valence-electron chi connectivity index (χ0n) is 17.2. The molecule has 1 fully saturated rings. The van der Waals surface area contributed by atoms with E-state index in [2.05, 4.69) is 56.7 Å². The van der Waals surface area contributed by atoms with Crippen molar-refractivity contribution < 1.29 is 5.11 Å². The molecule has 6 nitrogen and oxygen atoms in total. The first-order valence-corrected chi connectivity index (χ1v) is 9.90. The molecular formula is C22H31N5O. The Kier molecular flexibility index (Phi) is 8.78. The van der Waals surface area contributed by atoms with Crippen molar-refractivity contribution in [1.82, 2.24) is 25.5 Å². The minimum Gasteiger partial charge on any atom is -0.400 e. The third-order valence-corrected chi connectivity index (χ3v) is 4.70. The molecule has 1 saturated heterocycles. The SMILES string of the molecule is CC.CO.Cc1ccc(-c2n[nH]c(C3CCNCC3)c2-c2ccncn2)cc1. The lowest BCUT2D eigenvalue weighted by molar-refractivity contribution is 0.399. The topological polar surface area (TPSA) is 86.7 Å². The lowest BCUT2D eigenvalue weighted by Crippen LogP contribution is -2.27. The zero-order valence-corrected chi connectivity index (χ0v) is 17.2. The Morgan fingerprint density at radius 1 is 1.00 bits per heavy atom. The van der Waals surface area contributed by atoms with Crippen LogP contribution in [0.5, 0.6) is 0 Å². The summed E-state index contributed by atoms with van der Waals surface area (Å²) in [6.45, 7) is 8.19. The average molecular weight is 382 g/mol. The van der Waals surface area contributed by atoms with Gasteiger partial charge in [-0.2, -0.15) is 5.10 Å². The highest BCUT2D eigenvalue weighted by Crippen LogP contribution is 2.38. The van der Waals surface area contributed by atoms with Gasteiger partial charge in [0, 0.05) is 36.0 Å². The lowest BCUT2D eigenvalue weighted by Gasteiger charge is -2.22. The molecule has 0 spiro atoms. The average Bonchev–Trinajstić information content (AvgIpc) is 3.23. The van der Waals surface area contributed by atoms with E-state index in [4.69, 9.17) is 5.11 Å². The van der Waals surface area contributed by atoms with E-state index in [1.54, 1.807) is 12.5 Å². The highest BCUT2D eigenvalue weighted by atomic mass is 16.2. The summed E-state index contributed by atoms with van der Waals surface area (Å²) in [6, 6.07) is 10.5. The molecule has 3 heterocycles. The third-order valence-electron chi connectivity index (χ3n) is 4.70. The Morgan fingerprint density at radius 2 is 1.68 bits per heavy atom. The zero-order chi connectivity index (χ0) is 20.4. The van der Waals surface area contributed by atoms with E-state index in [0.29, 0.717) is 5.92 Å². The van der Waals surface area contributed by atoms with E-state index in [1.165, 1.54) is 11.3 Å². The molecule has 3 N–H and O–H groups in total. The van der Waals surface area contributed by atoms with Crippen LogP contribution in [0.3, 0.4) is 0 Å².